The van der Waals surface area contributed by atoms with E-state index in [-0.39, 0.29) is 24.0 Å². The highest BCUT2D eigenvalue weighted by Crippen LogP contribution is 2.26. The van der Waals surface area contributed by atoms with Gasteiger partial charge in [-0.3, -0.25) is 9.59 Å². The topological polar surface area (TPSA) is 121 Å². The van der Waals surface area contributed by atoms with Crippen LogP contribution in [0.15, 0.2) is 42.6 Å². The van der Waals surface area contributed by atoms with E-state index in [1.807, 2.05) is 12.2 Å². The van der Waals surface area contributed by atoms with Crippen molar-refractivity contribution in [2.45, 2.75) is 44.6 Å². The number of alkyl halides is 3. The average molecular weight is 494 g/mol. The SMILES string of the molecule is Cc1ccc(C(Oc2ccc(C(=O)N[C@@H]3CCN(C(=O)O)C3)nc2)C(C)NC(=O)C(F)(F)F)cc1. The predicted octanol–water partition coefficient (Wildman–Crippen LogP) is 3.06. The number of carbonyl (C=O) groups is 3. The smallest absolute Gasteiger partial charge is 0.471 e. The fourth-order valence-electron chi connectivity index (χ4n) is 3.62. The second kappa shape index (κ2) is 10.6. The Morgan fingerprint density at radius 3 is 2.40 bits per heavy atom. The molecular formula is C23H25F3N4O5. The van der Waals surface area contributed by atoms with Gasteiger partial charge >= 0.3 is 18.2 Å². The lowest BCUT2D eigenvalue weighted by Crippen LogP contribution is -2.45. The normalized spacial score (nSPS) is 17.4. The molecule has 0 saturated carbocycles. The van der Waals surface area contributed by atoms with Gasteiger partial charge in [-0.2, -0.15) is 13.2 Å². The van der Waals surface area contributed by atoms with Crippen LogP contribution >= 0.6 is 0 Å². The van der Waals surface area contributed by atoms with E-state index in [2.05, 4.69) is 10.3 Å². The van der Waals surface area contributed by atoms with Crippen LogP contribution in [0.2, 0.25) is 0 Å². The molecule has 0 spiro atoms. The molecule has 35 heavy (non-hydrogen) atoms. The lowest BCUT2D eigenvalue weighted by atomic mass is 10.0. The van der Waals surface area contributed by atoms with Gasteiger partial charge < -0.3 is 25.4 Å². The number of amides is 3. The molecule has 0 aliphatic carbocycles. The van der Waals surface area contributed by atoms with E-state index in [4.69, 9.17) is 9.84 Å². The summed E-state index contributed by atoms with van der Waals surface area (Å²) in [5, 5.41) is 13.7. The molecule has 3 N–H and O–H groups in total. The van der Waals surface area contributed by atoms with Crippen LogP contribution in [0.4, 0.5) is 18.0 Å². The second-order valence-corrected chi connectivity index (χ2v) is 8.28. The summed E-state index contributed by atoms with van der Waals surface area (Å²) >= 11 is 0. The molecule has 1 aliphatic rings. The summed E-state index contributed by atoms with van der Waals surface area (Å²) in [6.45, 7) is 3.75. The van der Waals surface area contributed by atoms with Crippen molar-refractivity contribution < 1.29 is 37.4 Å². The third-order valence-corrected chi connectivity index (χ3v) is 5.50. The Kier molecular flexibility index (Phi) is 7.82. The van der Waals surface area contributed by atoms with Crippen LogP contribution in [0.3, 0.4) is 0 Å². The van der Waals surface area contributed by atoms with Gasteiger partial charge in [-0.25, -0.2) is 9.78 Å². The van der Waals surface area contributed by atoms with Gasteiger partial charge in [-0.1, -0.05) is 29.8 Å². The molecule has 188 valence electrons. The number of ether oxygens (including phenoxy) is 1. The number of hydrogen-bond donors (Lipinski definition) is 3. The molecule has 12 heteroatoms. The van der Waals surface area contributed by atoms with Crippen molar-refractivity contribution in [3.05, 3.63) is 59.4 Å². The average Bonchev–Trinajstić information content (AvgIpc) is 3.26. The molecule has 1 saturated heterocycles. The van der Waals surface area contributed by atoms with Gasteiger partial charge in [0.1, 0.15) is 17.5 Å². The number of aromatic nitrogens is 1. The van der Waals surface area contributed by atoms with Gasteiger partial charge in [0.05, 0.1) is 12.2 Å². The molecule has 1 aromatic heterocycles. The zero-order valence-electron chi connectivity index (χ0n) is 19.0. The maximum Gasteiger partial charge on any atom is 0.471 e. The monoisotopic (exact) mass is 494 g/mol. The van der Waals surface area contributed by atoms with Crippen molar-refractivity contribution in [3.63, 3.8) is 0 Å². The van der Waals surface area contributed by atoms with E-state index in [9.17, 15) is 27.6 Å². The van der Waals surface area contributed by atoms with Crippen molar-refractivity contribution in [2.75, 3.05) is 13.1 Å². The van der Waals surface area contributed by atoms with E-state index in [0.29, 0.717) is 18.5 Å². The fourth-order valence-corrected chi connectivity index (χ4v) is 3.62. The van der Waals surface area contributed by atoms with Crippen molar-refractivity contribution in [2.24, 2.45) is 0 Å². The minimum Gasteiger partial charge on any atom is -0.482 e. The maximum atomic E-state index is 12.7. The molecule has 2 aromatic rings. The first-order chi connectivity index (χ1) is 16.4. The van der Waals surface area contributed by atoms with Crippen LogP contribution in [0.25, 0.3) is 0 Å². The Balaban J connectivity index is 1.70. The Morgan fingerprint density at radius 2 is 1.86 bits per heavy atom. The van der Waals surface area contributed by atoms with Crippen LogP contribution in [0.1, 0.15) is 41.1 Å². The Morgan fingerprint density at radius 1 is 1.17 bits per heavy atom. The van der Waals surface area contributed by atoms with E-state index >= 15 is 0 Å². The first kappa shape index (κ1) is 25.8. The molecule has 3 atom stereocenters. The molecule has 2 unspecified atom stereocenters. The number of carbonyl (C=O) groups excluding carboxylic acids is 2. The van der Waals surface area contributed by atoms with Gasteiger partial charge in [0, 0.05) is 19.1 Å². The van der Waals surface area contributed by atoms with Crippen molar-refractivity contribution >= 4 is 17.9 Å². The van der Waals surface area contributed by atoms with Gasteiger partial charge in [-0.05, 0) is 38.0 Å². The number of aryl methyl sites for hydroxylation is 1. The Labute approximate surface area is 199 Å². The predicted molar refractivity (Wildman–Crippen MR) is 118 cm³/mol. The van der Waals surface area contributed by atoms with Gasteiger partial charge in [0.25, 0.3) is 5.91 Å². The molecule has 1 fully saturated rings. The molecule has 1 aromatic carbocycles. The van der Waals surface area contributed by atoms with Gasteiger partial charge in [0.2, 0.25) is 0 Å². The third kappa shape index (κ3) is 6.84. The largest absolute Gasteiger partial charge is 0.482 e. The zero-order chi connectivity index (χ0) is 25.8. The minimum absolute atomic E-state index is 0.0661. The summed E-state index contributed by atoms with van der Waals surface area (Å²) in [5.74, 6) is -2.39. The number of halogens is 3. The number of pyridine rings is 1. The van der Waals surface area contributed by atoms with Crippen LogP contribution in [0.5, 0.6) is 5.75 Å². The van der Waals surface area contributed by atoms with Crippen LogP contribution in [0, 0.1) is 6.92 Å². The number of carboxylic acid groups (broad SMARTS) is 1. The summed E-state index contributed by atoms with van der Waals surface area (Å²) in [5.41, 5.74) is 1.54. The van der Waals surface area contributed by atoms with Crippen LogP contribution in [-0.2, 0) is 4.79 Å². The quantitative estimate of drug-likeness (QED) is 0.544. The highest BCUT2D eigenvalue weighted by atomic mass is 19.4. The summed E-state index contributed by atoms with van der Waals surface area (Å²) in [4.78, 5) is 40.2. The van der Waals surface area contributed by atoms with Gasteiger partial charge in [-0.15, -0.1) is 0 Å². The molecule has 2 heterocycles. The number of rotatable bonds is 7. The fraction of sp³-hybridized carbons (Fsp3) is 0.391. The molecule has 3 rings (SSSR count). The number of hydrogen-bond acceptors (Lipinski definition) is 5. The summed E-state index contributed by atoms with van der Waals surface area (Å²) in [6, 6.07) is 8.36. The Hall–Kier alpha value is -3.83. The van der Waals surface area contributed by atoms with Gasteiger partial charge in [0.15, 0.2) is 0 Å². The number of nitrogens with zero attached hydrogens (tertiary/aromatic N) is 2. The first-order valence-corrected chi connectivity index (χ1v) is 10.8. The van der Waals surface area contributed by atoms with E-state index in [0.717, 1.165) is 5.56 Å². The number of nitrogens with one attached hydrogen (secondary N) is 2. The summed E-state index contributed by atoms with van der Waals surface area (Å²) < 4.78 is 44.1. The third-order valence-electron chi connectivity index (χ3n) is 5.50. The highest BCUT2D eigenvalue weighted by Gasteiger charge is 2.40. The van der Waals surface area contributed by atoms with E-state index in [1.165, 1.54) is 30.2 Å². The zero-order valence-corrected chi connectivity index (χ0v) is 19.0. The molecule has 3 amide bonds. The standard InChI is InChI=1S/C23H25F3N4O5/c1-13-3-5-15(6-4-13)19(14(2)28-21(32)23(24,25)26)35-17-7-8-18(27-11-17)20(31)29-16-9-10-30(12-16)22(33)34/h3-8,11,14,16,19H,9-10,12H2,1-2H3,(H,28,32)(H,29,31)(H,33,34)/t14?,16-,19?/m1/s1. The second-order valence-electron chi connectivity index (χ2n) is 8.28. The summed E-state index contributed by atoms with van der Waals surface area (Å²) in [7, 11) is 0. The number of likely N-dealkylation sites (tertiary alicyclic amines) is 1. The molecule has 0 bridgehead atoms. The van der Waals surface area contributed by atoms with E-state index < -0.39 is 36.2 Å². The molecule has 1 aliphatic heterocycles. The minimum atomic E-state index is -5.04. The van der Waals surface area contributed by atoms with Crippen molar-refractivity contribution in [3.8, 4) is 5.75 Å². The highest BCUT2D eigenvalue weighted by molar-refractivity contribution is 5.92. The Bertz CT molecular complexity index is 1060. The van der Waals surface area contributed by atoms with Crippen LogP contribution < -0.4 is 15.4 Å². The van der Waals surface area contributed by atoms with Crippen molar-refractivity contribution in [1.29, 1.82) is 0 Å². The lowest BCUT2D eigenvalue weighted by Gasteiger charge is -2.27. The molecule has 9 nitrogen and oxygen atoms in total. The van der Waals surface area contributed by atoms with Crippen molar-refractivity contribution in [1.82, 2.24) is 20.5 Å². The lowest BCUT2D eigenvalue weighted by molar-refractivity contribution is -0.174. The number of benzene rings is 1. The van der Waals surface area contributed by atoms with Crippen LogP contribution in [-0.4, -0.2) is 64.2 Å². The molecular weight excluding hydrogens is 469 g/mol. The summed E-state index contributed by atoms with van der Waals surface area (Å²) in [6.07, 6.45) is -5.32. The maximum absolute atomic E-state index is 12.7. The molecule has 0 radical (unpaired) electrons. The first-order valence-electron chi connectivity index (χ1n) is 10.8. The van der Waals surface area contributed by atoms with E-state index in [1.54, 1.807) is 24.3 Å².